The molecule has 0 fully saturated rings. The quantitative estimate of drug-likeness (QED) is 0.859. The molecule has 0 spiro atoms. The Labute approximate surface area is 123 Å². The van der Waals surface area contributed by atoms with E-state index in [1.165, 1.54) is 12.1 Å². The van der Waals surface area contributed by atoms with Gasteiger partial charge in [-0.1, -0.05) is 30.3 Å². The molecule has 0 aliphatic carbocycles. The van der Waals surface area contributed by atoms with Crippen LogP contribution in [0.3, 0.4) is 0 Å². The first-order chi connectivity index (χ1) is 9.51. The summed E-state index contributed by atoms with van der Waals surface area (Å²) >= 11 is 6.87. The summed E-state index contributed by atoms with van der Waals surface area (Å²) < 4.78 is 15.1. The maximum Gasteiger partial charge on any atom is 0.313 e. The fourth-order valence-electron chi connectivity index (χ4n) is 1.68. The van der Waals surface area contributed by atoms with Gasteiger partial charge < -0.3 is 5.11 Å². The second-order valence-electron chi connectivity index (χ2n) is 3.90. The van der Waals surface area contributed by atoms with E-state index in [4.69, 9.17) is 16.7 Å². The highest BCUT2D eigenvalue weighted by Crippen LogP contribution is 2.25. The molecule has 0 saturated carbocycles. The van der Waals surface area contributed by atoms with Crippen molar-refractivity contribution >= 4 is 29.3 Å². The molecule has 0 radical (unpaired) electrons. The molecule has 0 amide bonds. The number of carboxylic acids is 1. The number of rotatable bonds is 5. The third kappa shape index (κ3) is 3.29. The fraction of sp³-hybridized carbons (Fsp3) is 0.250. The summed E-state index contributed by atoms with van der Waals surface area (Å²) in [5.74, 6) is -0.970. The van der Waals surface area contributed by atoms with Crippen LogP contribution in [0.2, 0.25) is 5.02 Å². The molecule has 0 aliphatic heterocycles. The number of aromatic nitrogens is 3. The van der Waals surface area contributed by atoms with Gasteiger partial charge in [-0.2, -0.15) is 0 Å². The van der Waals surface area contributed by atoms with Gasteiger partial charge in [0.2, 0.25) is 0 Å². The van der Waals surface area contributed by atoms with Crippen LogP contribution < -0.4 is 0 Å². The number of hydrogen-bond donors (Lipinski definition) is 1. The number of carbonyl (C=O) groups is 1. The van der Waals surface area contributed by atoms with E-state index in [-0.39, 0.29) is 10.8 Å². The molecule has 20 heavy (non-hydrogen) atoms. The monoisotopic (exact) mass is 315 g/mol. The van der Waals surface area contributed by atoms with Crippen LogP contribution >= 0.6 is 23.4 Å². The van der Waals surface area contributed by atoms with Crippen molar-refractivity contribution in [3.8, 4) is 5.69 Å². The summed E-state index contributed by atoms with van der Waals surface area (Å²) in [4.78, 5) is 10.6. The lowest BCUT2D eigenvalue weighted by Gasteiger charge is -2.09. The summed E-state index contributed by atoms with van der Waals surface area (Å²) in [6.07, 6.45) is 0.578. The fourth-order valence-corrected chi connectivity index (χ4v) is 2.58. The van der Waals surface area contributed by atoms with E-state index in [0.717, 1.165) is 11.8 Å². The Bertz CT molecular complexity index is 627. The minimum atomic E-state index is -0.958. The summed E-state index contributed by atoms with van der Waals surface area (Å²) in [6, 6.07) is 4.09. The molecule has 1 heterocycles. The van der Waals surface area contributed by atoms with Gasteiger partial charge in [0.05, 0.1) is 11.4 Å². The molecular formula is C12H11ClFN3O2S. The SMILES string of the molecule is CCc1nnc(SCC(=O)O)n1-c1cc(F)cc(Cl)c1. The molecule has 0 unspecified atom stereocenters. The lowest BCUT2D eigenvalue weighted by molar-refractivity contribution is -0.133. The molecule has 0 saturated heterocycles. The van der Waals surface area contributed by atoms with E-state index in [1.54, 1.807) is 10.6 Å². The number of carboxylic acid groups (broad SMARTS) is 1. The van der Waals surface area contributed by atoms with Gasteiger partial charge in [-0.3, -0.25) is 9.36 Å². The zero-order valence-electron chi connectivity index (χ0n) is 10.5. The number of aryl methyl sites for hydroxylation is 1. The van der Waals surface area contributed by atoms with Gasteiger partial charge in [-0.05, 0) is 18.2 Å². The third-order valence-corrected chi connectivity index (χ3v) is 3.58. The van der Waals surface area contributed by atoms with Crippen LogP contribution in [-0.2, 0) is 11.2 Å². The Hall–Kier alpha value is -1.60. The van der Waals surface area contributed by atoms with Gasteiger partial charge >= 0.3 is 5.97 Å². The molecule has 2 aromatic rings. The lowest BCUT2D eigenvalue weighted by Crippen LogP contribution is -2.04. The summed E-state index contributed by atoms with van der Waals surface area (Å²) in [6.45, 7) is 1.88. The molecular weight excluding hydrogens is 305 g/mol. The van der Waals surface area contributed by atoms with Crippen LogP contribution in [0.1, 0.15) is 12.7 Å². The number of nitrogens with zero attached hydrogens (tertiary/aromatic N) is 3. The molecule has 0 aliphatic rings. The summed E-state index contributed by atoms with van der Waals surface area (Å²) in [5.41, 5.74) is 0.477. The molecule has 8 heteroatoms. The maximum atomic E-state index is 13.5. The average molecular weight is 316 g/mol. The number of halogens is 2. The van der Waals surface area contributed by atoms with Crippen molar-refractivity contribution in [2.45, 2.75) is 18.5 Å². The summed E-state index contributed by atoms with van der Waals surface area (Å²) in [7, 11) is 0. The highest BCUT2D eigenvalue weighted by Gasteiger charge is 2.15. The van der Waals surface area contributed by atoms with E-state index in [2.05, 4.69) is 10.2 Å². The maximum absolute atomic E-state index is 13.5. The van der Waals surface area contributed by atoms with E-state index in [1.807, 2.05) is 6.92 Å². The van der Waals surface area contributed by atoms with Crippen LogP contribution in [0.4, 0.5) is 4.39 Å². The van der Waals surface area contributed by atoms with Crippen molar-refractivity contribution in [2.75, 3.05) is 5.75 Å². The molecule has 0 atom stereocenters. The van der Waals surface area contributed by atoms with Crippen molar-refractivity contribution in [1.29, 1.82) is 0 Å². The summed E-state index contributed by atoms with van der Waals surface area (Å²) in [5, 5.41) is 17.3. The first-order valence-electron chi connectivity index (χ1n) is 5.76. The minimum Gasteiger partial charge on any atom is -0.481 e. The third-order valence-electron chi connectivity index (χ3n) is 2.45. The average Bonchev–Trinajstić information content (AvgIpc) is 2.77. The molecule has 5 nitrogen and oxygen atoms in total. The van der Waals surface area contributed by atoms with E-state index in [0.29, 0.717) is 23.1 Å². The Kier molecular flexibility index (Phi) is 4.61. The number of benzene rings is 1. The molecule has 1 aromatic heterocycles. The Morgan fingerprint density at radius 2 is 2.20 bits per heavy atom. The van der Waals surface area contributed by atoms with Crippen molar-refractivity contribution in [1.82, 2.24) is 14.8 Å². The normalized spacial score (nSPS) is 10.8. The van der Waals surface area contributed by atoms with E-state index < -0.39 is 11.8 Å². The van der Waals surface area contributed by atoms with Gasteiger partial charge in [0.15, 0.2) is 5.16 Å². The first kappa shape index (κ1) is 14.8. The van der Waals surface area contributed by atoms with Crippen LogP contribution in [0.25, 0.3) is 5.69 Å². The second-order valence-corrected chi connectivity index (χ2v) is 5.28. The molecule has 1 aromatic carbocycles. The van der Waals surface area contributed by atoms with Gasteiger partial charge in [-0.25, -0.2) is 4.39 Å². The Morgan fingerprint density at radius 3 is 2.80 bits per heavy atom. The minimum absolute atomic E-state index is 0.148. The molecule has 2 rings (SSSR count). The standard InChI is InChI=1S/C12H11ClFN3O2S/c1-2-10-15-16-12(20-6-11(18)19)17(10)9-4-7(13)3-8(14)5-9/h3-5H,2,6H2,1H3,(H,18,19). The number of thioether (sulfide) groups is 1. The van der Waals surface area contributed by atoms with Gasteiger partial charge in [0, 0.05) is 11.4 Å². The van der Waals surface area contributed by atoms with Gasteiger partial charge in [0.25, 0.3) is 0 Å². The smallest absolute Gasteiger partial charge is 0.313 e. The Balaban J connectivity index is 2.47. The van der Waals surface area contributed by atoms with E-state index >= 15 is 0 Å². The molecule has 106 valence electrons. The first-order valence-corrected chi connectivity index (χ1v) is 7.13. The van der Waals surface area contributed by atoms with Crippen LogP contribution in [-0.4, -0.2) is 31.6 Å². The van der Waals surface area contributed by atoms with Crippen LogP contribution in [0, 0.1) is 5.82 Å². The predicted octanol–water partition coefficient (Wildman–Crippen LogP) is 2.80. The highest BCUT2D eigenvalue weighted by molar-refractivity contribution is 7.99. The van der Waals surface area contributed by atoms with Crippen molar-refractivity contribution in [3.05, 3.63) is 34.9 Å². The van der Waals surface area contributed by atoms with Crippen LogP contribution in [0.15, 0.2) is 23.4 Å². The largest absolute Gasteiger partial charge is 0.481 e. The molecule has 1 N–H and O–H groups in total. The topological polar surface area (TPSA) is 68.0 Å². The second kappa shape index (κ2) is 6.23. The van der Waals surface area contributed by atoms with E-state index in [9.17, 15) is 9.18 Å². The van der Waals surface area contributed by atoms with Gasteiger partial charge in [0.1, 0.15) is 11.6 Å². The van der Waals surface area contributed by atoms with Crippen molar-refractivity contribution in [3.63, 3.8) is 0 Å². The predicted molar refractivity (Wildman–Crippen MR) is 74.1 cm³/mol. The zero-order chi connectivity index (χ0) is 14.7. The van der Waals surface area contributed by atoms with Crippen molar-refractivity contribution in [2.24, 2.45) is 0 Å². The number of aliphatic carboxylic acids is 1. The Morgan fingerprint density at radius 1 is 1.45 bits per heavy atom. The van der Waals surface area contributed by atoms with Crippen LogP contribution in [0.5, 0.6) is 0 Å². The van der Waals surface area contributed by atoms with Crippen molar-refractivity contribution < 1.29 is 14.3 Å². The van der Waals surface area contributed by atoms with Gasteiger partial charge in [-0.15, -0.1) is 10.2 Å². The highest BCUT2D eigenvalue weighted by atomic mass is 35.5. The lowest BCUT2D eigenvalue weighted by atomic mass is 10.3. The zero-order valence-corrected chi connectivity index (χ0v) is 12.1. The number of hydrogen-bond acceptors (Lipinski definition) is 4. The molecule has 0 bridgehead atoms.